The molecule has 0 radical (unpaired) electrons. The van der Waals surface area contributed by atoms with E-state index in [4.69, 9.17) is 0 Å². The standard InChI is InChI=1S/C19H21BrFN3O3S/c1-14-12-15(20)6-7-17(14)22-19(25)13-23-8-10-24(11-9-23)28(26,27)18-5-3-2-4-16(18)21/h2-7,12H,8-11,13H2,1H3,(H,22,25). The Balaban J connectivity index is 1.57. The number of nitrogens with one attached hydrogen (secondary N) is 1. The van der Waals surface area contributed by atoms with Crippen LogP contribution in [0.3, 0.4) is 0 Å². The highest BCUT2D eigenvalue weighted by atomic mass is 79.9. The summed E-state index contributed by atoms with van der Waals surface area (Å²) in [6, 6.07) is 11.0. The fourth-order valence-electron chi connectivity index (χ4n) is 3.08. The van der Waals surface area contributed by atoms with Crippen LogP contribution in [-0.4, -0.2) is 56.3 Å². The van der Waals surface area contributed by atoms with Gasteiger partial charge in [-0.2, -0.15) is 4.31 Å². The second-order valence-electron chi connectivity index (χ2n) is 6.62. The third-order valence-electron chi connectivity index (χ3n) is 4.62. The van der Waals surface area contributed by atoms with Crippen molar-refractivity contribution in [1.82, 2.24) is 9.21 Å². The first-order chi connectivity index (χ1) is 13.3. The molecular formula is C19H21BrFN3O3S. The third kappa shape index (κ3) is 4.78. The van der Waals surface area contributed by atoms with Crippen LogP contribution in [-0.2, 0) is 14.8 Å². The van der Waals surface area contributed by atoms with Gasteiger partial charge in [0.2, 0.25) is 15.9 Å². The minimum Gasteiger partial charge on any atom is -0.325 e. The van der Waals surface area contributed by atoms with Crippen LogP contribution in [0.5, 0.6) is 0 Å². The van der Waals surface area contributed by atoms with Crippen molar-refractivity contribution in [2.24, 2.45) is 0 Å². The number of carbonyl (C=O) groups is 1. The lowest BCUT2D eigenvalue weighted by Gasteiger charge is -2.33. The van der Waals surface area contributed by atoms with E-state index < -0.39 is 15.8 Å². The van der Waals surface area contributed by atoms with Gasteiger partial charge in [0.1, 0.15) is 10.7 Å². The van der Waals surface area contributed by atoms with Crippen molar-refractivity contribution in [2.45, 2.75) is 11.8 Å². The number of carbonyl (C=O) groups excluding carboxylic acids is 1. The highest BCUT2D eigenvalue weighted by Gasteiger charge is 2.30. The van der Waals surface area contributed by atoms with E-state index >= 15 is 0 Å². The molecule has 1 aliphatic rings. The highest BCUT2D eigenvalue weighted by molar-refractivity contribution is 9.10. The molecule has 0 aliphatic carbocycles. The average molecular weight is 470 g/mol. The minimum atomic E-state index is -3.88. The van der Waals surface area contributed by atoms with E-state index in [1.54, 1.807) is 0 Å². The predicted molar refractivity (Wildman–Crippen MR) is 109 cm³/mol. The molecule has 150 valence electrons. The number of hydrogen-bond donors (Lipinski definition) is 1. The molecule has 1 saturated heterocycles. The molecule has 0 bridgehead atoms. The topological polar surface area (TPSA) is 69.7 Å². The van der Waals surface area contributed by atoms with Gasteiger partial charge in [-0.25, -0.2) is 12.8 Å². The number of anilines is 1. The van der Waals surface area contributed by atoms with Gasteiger partial charge in [-0.05, 0) is 42.8 Å². The molecular weight excluding hydrogens is 449 g/mol. The Kier molecular flexibility index (Phi) is 6.49. The molecule has 0 atom stereocenters. The quantitative estimate of drug-likeness (QED) is 0.730. The second-order valence-corrected chi connectivity index (χ2v) is 9.44. The van der Waals surface area contributed by atoms with Crippen molar-refractivity contribution >= 4 is 37.5 Å². The predicted octanol–water partition coefficient (Wildman–Crippen LogP) is 2.84. The molecule has 2 aromatic rings. The average Bonchev–Trinajstić information content (AvgIpc) is 2.65. The number of rotatable bonds is 5. The van der Waals surface area contributed by atoms with Gasteiger partial charge in [0.25, 0.3) is 0 Å². The van der Waals surface area contributed by atoms with Gasteiger partial charge in [-0.1, -0.05) is 28.1 Å². The minimum absolute atomic E-state index is 0.157. The summed E-state index contributed by atoms with van der Waals surface area (Å²) in [5, 5.41) is 2.88. The molecule has 28 heavy (non-hydrogen) atoms. The maximum Gasteiger partial charge on any atom is 0.246 e. The van der Waals surface area contributed by atoms with Crippen molar-refractivity contribution < 1.29 is 17.6 Å². The zero-order chi connectivity index (χ0) is 20.3. The molecule has 0 spiro atoms. The molecule has 6 nitrogen and oxygen atoms in total. The number of sulfonamides is 1. The molecule has 0 saturated carbocycles. The van der Waals surface area contributed by atoms with Gasteiger partial charge in [0.05, 0.1) is 6.54 Å². The van der Waals surface area contributed by atoms with E-state index in [0.29, 0.717) is 13.1 Å². The fraction of sp³-hybridized carbons (Fsp3) is 0.316. The summed E-state index contributed by atoms with van der Waals surface area (Å²) < 4.78 is 41.3. The molecule has 1 aliphatic heterocycles. The van der Waals surface area contributed by atoms with Gasteiger partial charge >= 0.3 is 0 Å². The van der Waals surface area contributed by atoms with Gasteiger partial charge in [0.15, 0.2) is 0 Å². The largest absolute Gasteiger partial charge is 0.325 e. The first-order valence-electron chi connectivity index (χ1n) is 8.80. The first-order valence-corrected chi connectivity index (χ1v) is 11.0. The van der Waals surface area contributed by atoms with E-state index in [1.165, 1.54) is 22.5 Å². The lowest BCUT2D eigenvalue weighted by molar-refractivity contribution is -0.117. The van der Waals surface area contributed by atoms with Crippen molar-refractivity contribution in [3.8, 4) is 0 Å². The Labute approximate surface area is 172 Å². The number of nitrogens with zero attached hydrogens (tertiary/aromatic N) is 2. The number of benzene rings is 2. The summed E-state index contributed by atoms with van der Waals surface area (Å²) in [7, 11) is -3.88. The lowest BCUT2D eigenvalue weighted by atomic mass is 10.2. The zero-order valence-electron chi connectivity index (χ0n) is 15.4. The van der Waals surface area contributed by atoms with Crippen LogP contribution in [0.1, 0.15) is 5.56 Å². The summed E-state index contributed by atoms with van der Waals surface area (Å²) in [4.78, 5) is 13.9. The Bertz CT molecular complexity index is 976. The summed E-state index contributed by atoms with van der Waals surface area (Å²) in [5.41, 5.74) is 1.69. The normalized spacial score (nSPS) is 16.1. The molecule has 1 heterocycles. The number of piperazine rings is 1. The highest BCUT2D eigenvalue weighted by Crippen LogP contribution is 2.21. The van der Waals surface area contributed by atoms with E-state index in [2.05, 4.69) is 21.2 Å². The first kappa shape index (κ1) is 20.9. The lowest BCUT2D eigenvalue weighted by Crippen LogP contribution is -2.50. The maximum absolute atomic E-state index is 13.9. The monoisotopic (exact) mass is 469 g/mol. The third-order valence-corrected chi connectivity index (χ3v) is 7.04. The Morgan fingerprint density at radius 3 is 2.46 bits per heavy atom. The van der Waals surface area contributed by atoms with E-state index in [1.807, 2.05) is 30.0 Å². The van der Waals surface area contributed by atoms with Crippen LogP contribution in [0.2, 0.25) is 0 Å². The van der Waals surface area contributed by atoms with Crippen molar-refractivity contribution in [1.29, 1.82) is 0 Å². The van der Waals surface area contributed by atoms with Crippen molar-refractivity contribution in [2.75, 3.05) is 38.0 Å². The number of hydrogen-bond acceptors (Lipinski definition) is 4. The van der Waals surface area contributed by atoms with E-state index in [0.717, 1.165) is 21.8 Å². The molecule has 0 unspecified atom stereocenters. The Morgan fingerprint density at radius 1 is 1.14 bits per heavy atom. The van der Waals surface area contributed by atoms with Crippen LogP contribution < -0.4 is 5.32 Å². The number of aryl methyl sites for hydroxylation is 1. The van der Waals surface area contributed by atoms with Crippen LogP contribution in [0, 0.1) is 12.7 Å². The SMILES string of the molecule is Cc1cc(Br)ccc1NC(=O)CN1CCN(S(=O)(=O)c2ccccc2F)CC1. The van der Waals surface area contributed by atoms with Gasteiger partial charge in [0, 0.05) is 36.3 Å². The molecule has 1 fully saturated rings. The summed E-state index contributed by atoms with van der Waals surface area (Å²) >= 11 is 3.39. The van der Waals surface area contributed by atoms with Crippen LogP contribution in [0.4, 0.5) is 10.1 Å². The van der Waals surface area contributed by atoms with Crippen LogP contribution >= 0.6 is 15.9 Å². The summed E-state index contributed by atoms with van der Waals surface area (Å²) in [5.74, 6) is -0.912. The van der Waals surface area contributed by atoms with Crippen LogP contribution in [0.15, 0.2) is 51.8 Å². The smallest absolute Gasteiger partial charge is 0.246 e. The van der Waals surface area contributed by atoms with Crippen molar-refractivity contribution in [3.05, 3.63) is 58.3 Å². The van der Waals surface area contributed by atoms with E-state index in [-0.39, 0.29) is 30.4 Å². The van der Waals surface area contributed by atoms with E-state index in [9.17, 15) is 17.6 Å². The molecule has 1 amide bonds. The van der Waals surface area contributed by atoms with Gasteiger partial charge in [-0.3, -0.25) is 9.69 Å². The summed E-state index contributed by atoms with van der Waals surface area (Å²) in [6.07, 6.45) is 0. The number of halogens is 2. The Morgan fingerprint density at radius 2 is 1.82 bits per heavy atom. The molecule has 9 heteroatoms. The fourth-order valence-corrected chi connectivity index (χ4v) is 5.04. The zero-order valence-corrected chi connectivity index (χ0v) is 17.8. The Hall–Kier alpha value is -1.81. The summed E-state index contributed by atoms with van der Waals surface area (Å²) in [6.45, 7) is 3.30. The number of amides is 1. The molecule has 2 aromatic carbocycles. The molecule has 1 N–H and O–H groups in total. The maximum atomic E-state index is 13.9. The van der Waals surface area contributed by atoms with Crippen molar-refractivity contribution in [3.63, 3.8) is 0 Å². The van der Waals surface area contributed by atoms with Crippen LogP contribution in [0.25, 0.3) is 0 Å². The van der Waals surface area contributed by atoms with Gasteiger partial charge in [-0.15, -0.1) is 0 Å². The molecule has 3 rings (SSSR count). The van der Waals surface area contributed by atoms with Gasteiger partial charge < -0.3 is 5.32 Å². The second kappa shape index (κ2) is 8.69. The molecule has 0 aromatic heterocycles.